The SMILES string of the molecule is CCOc1ccc2nc(NC(=O)C(Sc3ccc(NC(=O)c4ccc(OC)cc4)cc3)c3ccccc3)sc2c1. The highest BCUT2D eigenvalue weighted by Crippen LogP contribution is 2.38. The number of methoxy groups -OCH3 is 1. The topological polar surface area (TPSA) is 89.5 Å². The minimum Gasteiger partial charge on any atom is -0.497 e. The molecule has 1 atom stereocenters. The molecule has 1 unspecified atom stereocenters. The van der Waals surface area contributed by atoms with Gasteiger partial charge >= 0.3 is 0 Å². The van der Waals surface area contributed by atoms with Crippen LogP contribution in [0.25, 0.3) is 10.2 Å². The lowest BCUT2D eigenvalue weighted by Crippen LogP contribution is -2.18. The summed E-state index contributed by atoms with van der Waals surface area (Å²) in [6.45, 7) is 2.52. The first-order valence-corrected chi connectivity index (χ1v) is 14.3. The summed E-state index contributed by atoms with van der Waals surface area (Å²) in [4.78, 5) is 31.6. The minimum absolute atomic E-state index is 0.169. The van der Waals surface area contributed by atoms with E-state index in [1.807, 2.05) is 79.7 Å². The van der Waals surface area contributed by atoms with E-state index >= 15 is 0 Å². The molecular formula is C31H27N3O4S2. The lowest BCUT2D eigenvalue weighted by atomic mass is 10.1. The van der Waals surface area contributed by atoms with Crippen molar-refractivity contribution in [3.8, 4) is 11.5 Å². The van der Waals surface area contributed by atoms with Crippen molar-refractivity contribution in [3.63, 3.8) is 0 Å². The van der Waals surface area contributed by atoms with Crippen molar-refractivity contribution in [1.29, 1.82) is 0 Å². The number of anilines is 2. The van der Waals surface area contributed by atoms with E-state index in [0.717, 1.165) is 26.4 Å². The molecule has 1 aromatic heterocycles. The number of aromatic nitrogens is 1. The molecule has 40 heavy (non-hydrogen) atoms. The zero-order chi connectivity index (χ0) is 27.9. The standard InChI is InChI=1S/C31H27N3O4S2/c1-3-38-24-15-18-26-27(19-24)40-31(33-26)34-30(36)28(20-7-5-4-6-8-20)39-25-16-11-22(12-17-25)32-29(35)21-9-13-23(37-2)14-10-21/h4-19,28H,3H2,1-2H3,(H,32,35)(H,33,34,36). The number of benzene rings is 4. The quantitative estimate of drug-likeness (QED) is 0.170. The molecule has 0 aliphatic heterocycles. The third-order valence-corrected chi connectivity index (χ3v) is 8.16. The monoisotopic (exact) mass is 569 g/mol. The largest absolute Gasteiger partial charge is 0.497 e. The molecule has 0 radical (unpaired) electrons. The lowest BCUT2D eigenvalue weighted by molar-refractivity contribution is -0.115. The van der Waals surface area contributed by atoms with Crippen LogP contribution in [0.1, 0.15) is 28.1 Å². The maximum Gasteiger partial charge on any atom is 0.255 e. The molecule has 0 spiro atoms. The number of carbonyl (C=O) groups excluding carboxylic acids is 2. The highest BCUT2D eigenvalue weighted by atomic mass is 32.2. The number of thioether (sulfide) groups is 1. The zero-order valence-electron chi connectivity index (χ0n) is 21.9. The van der Waals surface area contributed by atoms with Gasteiger partial charge in [0.1, 0.15) is 16.7 Å². The van der Waals surface area contributed by atoms with Crippen molar-refractivity contribution < 1.29 is 19.1 Å². The summed E-state index contributed by atoms with van der Waals surface area (Å²) in [6.07, 6.45) is 0. The smallest absolute Gasteiger partial charge is 0.255 e. The van der Waals surface area contributed by atoms with Crippen LogP contribution in [0.2, 0.25) is 0 Å². The fourth-order valence-corrected chi connectivity index (χ4v) is 5.91. The molecule has 2 N–H and O–H groups in total. The highest BCUT2D eigenvalue weighted by molar-refractivity contribution is 8.00. The zero-order valence-corrected chi connectivity index (χ0v) is 23.6. The Kier molecular flexibility index (Phi) is 8.63. The second-order valence-electron chi connectivity index (χ2n) is 8.69. The van der Waals surface area contributed by atoms with Crippen LogP contribution in [-0.2, 0) is 4.79 Å². The van der Waals surface area contributed by atoms with Crippen molar-refractivity contribution in [2.24, 2.45) is 0 Å². The number of hydrogen-bond donors (Lipinski definition) is 2. The van der Waals surface area contributed by atoms with Crippen LogP contribution in [0, 0.1) is 0 Å². The van der Waals surface area contributed by atoms with Crippen LogP contribution in [0.5, 0.6) is 11.5 Å². The average Bonchev–Trinajstić information content (AvgIpc) is 3.38. The van der Waals surface area contributed by atoms with Gasteiger partial charge in [0, 0.05) is 16.1 Å². The van der Waals surface area contributed by atoms with Crippen LogP contribution < -0.4 is 20.1 Å². The summed E-state index contributed by atoms with van der Waals surface area (Å²) >= 11 is 2.84. The second kappa shape index (κ2) is 12.7. The Morgan fingerprint density at radius 1 is 0.900 bits per heavy atom. The Hall–Kier alpha value is -4.34. The molecule has 0 fully saturated rings. The molecule has 0 bridgehead atoms. The molecule has 5 rings (SSSR count). The Morgan fingerprint density at radius 3 is 2.33 bits per heavy atom. The summed E-state index contributed by atoms with van der Waals surface area (Å²) in [6, 6.07) is 29.7. The third kappa shape index (κ3) is 6.62. The Bertz CT molecular complexity index is 1600. The third-order valence-electron chi connectivity index (χ3n) is 5.96. The number of rotatable bonds is 10. The predicted molar refractivity (Wildman–Crippen MR) is 162 cm³/mol. The molecule has 0 aliphatic rings. The molecular weight excluding hydrogens is 542 g/mol. The number of ether oxygens (including phenoxy) is 2. The normalized spacial score (nSPS) is 11.6. The first kappa shape index (κ1) is 27.2. The van der Waals surface area contributed by atoms with E-state index in [0.29, 0.717) is 28.7 Å². The van der Waals surface area contributed by atoms with E-state index in [1.54, 1.807) is 31.4 Å². The predicted octanol–water partition coefficient (Wildman–Crippen LogP) is 7.43. The number of nitrogens with zero attached hydrogens (tertiary/aromatic N) is 1. The number of nitrogens with one attached hydrogen (secondary N) is 2. The maximum absolute atomic E-state index is 13.5. The van der Waals surface area contributed by atoms with Crippen LogP contribution in [0.4, 0.5) is 10.8 Å². The van der Waals surface area contributed by atoms with Gasteiger partial charge in [-0.05, 0) is 79.2 Å². The van der Waals surface area contributed by atoms with Gasteiger partial charge in [-0.15, -0.1) is 11.8 Å². The molecule has 2 amide bonds. The number of hydrogen-bond acceptors (Lipinski definition) is 7. The minimum atomic E-state index is -0.507. The first-order valence-electron chi connectivity index (χ1n) is 12.6. The van der Waals surface area contributed by atoms with Gasteiger partial charge in [-0.2, -0.15) is 0 Å². The van der Waals surface area contributed by atoms with Crippen LogP contribution in [-0.4, -0.2) is 30.5 Å². The van der Waals surface area contributed by atoms with Crippen molar-refractivity contribution in [1.82, 2.24) is 4.98 Å². The molecule has 0 aliphatic carbocycles. The van der Waals surface area contributed by atoms with Crippen LogP contribution in [0.3, 0.4) is 0 Å². The van der Waals surface area contributed by atoms with Crippen molar-refractivity contribution in [3.05, 3.63) is 108 Å². The fraction of sp³-hybridized carbons (Fsp3) is 0.129. The average molecular weight is 570 g/mol. The van der Waals surface area contributed by atoms with Gasteiger partial charge in [0.15, 0.2) is 5.13 Å². The summed E-state index contributed by atoms with van der Waals surface area (Å²) < 4.78 is 11.7. The molecule has 0 saturated heterocycles. The Labute approximate surface area is 240 Å². The van der Waals surface area contributed by atoms with E-state index in [-0.39, 0.29) is 11.8 Å². The van der Waals surface area contributed by atoms with Gasteiger partial charge in [0.05, 0.1) is 23.9 Å². The summed E-state index contributed by atoms with van der Waals surface area (Å²) in [5, 5.41) is 5.94. The van der Waals surface area contributed by atoms with Crippen molar-refractivity contribution in [2.45, 2.75) is 17.1 Å². The molecule has 9 heteroatoms. The van der Waals surface area contributed by atoms with E-state index in [2.05, 4.69) is 15.6 Å². The molecule has 0 saturated carbocycles. The van der Waals surface area contributed by atoms with E-state index in [9.17, 15) is 9.59 Å². The Balaban J connectivity index is 1.29. The summed E-state index contributed by atoms with van der Waals surface area (Å²) in [5.41, 5.74) is 2.87. The lowest BCUT2D eigenvalue weighted by Gasteiger charge is -2.16. The molecule has 1 heterocycles. The summed E-state index contributed by atoms with van der Waals surface area (Å²) in [5.74, 6) is 1.08. The number of thiazole rings is 1. The Morgan fingerprint density at radius 2 is 1.62 bits per heavy atom. The van der Waals surface area contributed by atoms with Gasteiger partial charge in [0.2, 0.25) is 5.91 Å². The molecule has 7 nitrogen and oxygen atoms in total. The second-order valence-corrected chi connectivity index (χ2v) is 10.9. The van der Waals surface area contributed by atoms with Gasteiger partial charge < -0.3 is 20.1 Å². The van der Waals surface area contributed by atoms with Crippen molar-refractivity contribution >= 4 is 55.9 Å². The van der Waals surface area contributed by atoms with Crippen molar-refractivity contribution in [2.75, 3.05) is 24.4 Å². The first-order chi connectivity index (χ1) is 19.5. The van der Waals surface area contributed by atoms with E-state index < -0.39 is 5.25 Å². The number of fused-ring (bicyclic) bond motifs is 1. The molecule has 202 valence electrons. The van der Waals surface area contributed by atoms with E-state index in [4.69, 9.17) is 9.47 Å². The fourth-order valence-electron chi connectivity index (χ4n) is 3.99. The summed E-state index contributed by atoms with van der Waals surface area (Å²) in [7, 11) is 1.58. The molecule has 4 aromatic carbocycles. The van der Waals surface area contributed by atoms with Crippen LogP contribution in [0.15, 0.2) is 102 Å². The number of carbonyl (C=O) groups is 2. The number of amides is 2. The van der Waals surface area contributed by atoms with Gasteiger partial charge in [-0.1, -0.05) is 41.7 Å². The maximum atomic E-state index is 13.5. The van der Waals surface area contributed by atoms with Gasteiger partial charge in [-0.25, -0.2) is 4.98 Å². The van der Waals surface area contributed by atoms with E-state index in [1.165, 1.54) is 23.1 Å². The van der Waals surface area contributed by atoms with Gasteiger partial charge in [-0.3, -0.25) is 9.59 Å². The van der Waals surface area contributed by atoms with Crippen LogP contribution >= 0.6 is 23.1 Å². The molecule has 5 aromatic rings. The highest BCUT2D eigenvalue weighted by Gasteiger charge is 2.23. The van der Waals surface area contributed by atoms with Gasteiger partial charge in [0.25, 0.3) is 5.91 Å².